The number of carbonyl (C=O) groups is 1. The quantitative estimate of drug-likeness (QED) is 0.901. The number of nitrogens with one attached hydrogen (secondary N) is 1. The number of hydrogen-bond acceptors (Lipinski definition) is 3. The van der Waals surface area contributed by atoms with Gasteiger partial charge in [0.25, 0.3) is 0 Å². The molecule has 4 heteroatoms. The van der Waals surface area contributed by atoms with Crippen LogP contribution in [0.2, 0.25) is 0 Å². The molecule has 0 radical (unpaired) electrons. The van der Waals surface area contributed by atoms with E-state index in [1.54, 1.807) is 11.3 Å². The Labute approximate surface area is 125 Å². The number of aryl methyl sites for hydroxylation is 1. The van der Waals surface area contributed by atoms with E-state index in [0.717, 1.165) is 12.8 Å². The predicted octanol–water partition coefficient (Wildman–Crippen LogP) is 3.45. The van der Waals surface area contributed by atoms with Crippen molar-refractivity contribution in [2.75, 3.05) is 0 Å². The lowest BCUT2D eigenvalue weighted by molar-refractivity contribution is -0.132. The molecule has 3 atom stereocenters. The molecule has 1 amide bonds. The molecule has 1 aromatic heterocycles. The van der Waals surface area contributed by atoms with Crippen molar-refractivity contribution in [2.24, 2.45) is 5.92 Å². The highest BCUT2D eigenvalue weighted by molar-refractivity contribution is 7.12. The van der Waals surface area contributed by atoms with E-state index in [4.69, 9.17) is 0 Å². The molecule has 0 bridgehead atoms. The molecule has 1 aliphatic heterocycles. The molecule has 3 unspecified atom stereocenters. The Balaban J connectivity index is 1.86. The number of thiophene rings is 1. The first kappa shape index (κ1) is 14.1. The van der Waals surface area contributed by atoms with E-state index in [1.807, 2.05) is 0 Å². The van der Waals surface area contributed by atoms with Crippen LogP contribution in [0.15, 0.2) is 12.1 Å². The fourth-order valence-corrected chi connectivity index (χ4v) is 4.14. The molecule has 3 rings (SSSR count). The number of rotatable bonds is 5. The molecule has 2 aliphatic rings. The van der Waals surface area contributed by atoms with Gasteiger partial charge in [0.05, 0.1) is 6.04 Å². The molecular weight excluding hydrogens is 268 g/mol. The smallest absolute Gasteiger partial charge is 0.241 e. The molecule has 0 spiro atoms. The van der Waals surface area contributed by atoms with Crippen LogP contribution in [0, 0.1) is 12.8 Å². The molecule has 1 saturated heterocycles. The van der Waals surface area contributed by atoms with Gasteiger partial charge >= 0.3 is 0 Å². The van der Waals surface area contributed by atoms with E-state index >= 15 is 0 Å². The summed E-state index contributed by atoms with van der Waals surface area (Å²) in [5.74, 6) is 1.02. The lowest BCUT2D eigenvalue weighted by atomic mass is 10.1. The number of carbonyl (C=O) groups excluding carboxylic acids is 1. The van der Waals surface area contributed by atoms with E-state index in [1.165, 1.54) is 22.6 Å². The zero-order valence-electron chi connectivity index (χ0n) is 12.6. The molecule has 1 N–H and O–H groups in total. The highest BCUT2D eigenvalue weighted by Gasteiger charge is 2.45. The summed E-state index contributed by atoms with van der Waals surface area (Å²) in [6.07, 6.45) is 4.63. The fraction of sp³-hybridized carbons (Fsp3) is 0.688. The standard InChI is InChI=1S/C16H24N2OS/c1-4-5-13-16(19)18(11(3)12-7-8-12)15(17-13)14-9-6-10(2)20-14/h6,9,11-13,15,17H,4-5,7-8H2,1-3H3. The van der Waals surface area contributed by atoms with Crippen LogP contribution in [0.25, 0.3) is 0 Å². The Morgan fingerprint density at radius 2 is 2.20 bits per heavy atom. The van der Waals surface area contributed by atoms with Gasteiger partial charge in [0, 0.05) is 15.8 Å². The Morgan fingerprint density at radius 3 is 2.75 bits per heavy atom. The monoisotopic (exact) mass is 292 g/mol. The minimum atomic E-state index is 0.00797. The van der Waals surface area contributed by atoms with Gasteiger partial charge in [-0.25, -0.2) is 0 Å². The van der Waals surface area contributed by atoms with Crippen molar-refractivity contribution in [1.82, 2.24) is 10.2 Å². The average molecular weight is 292 g/mol. The van der Waals surface area contributed by atoms with Crippen molar-refractivity contribution in [3.05, 3.63) is 21.9 Å². The Bertz CT molecular complexity index is 494. The summed E-state index contributed by atoms with van der Waals surface area (Å²) in [6.45, 7) is 6.49. The molecule has 0 aromatic carbocycles. The second-order valence-corrected chi connectivity index (χ2v) is 7.50. The normalized spacial score (nSPS) is 28.1. The first-order chi connectivity index (χ1) is 9.61. The lowest BCUT2D eigenvalue weighted by Gasteiger charge is -2.30. The molecule has 3 nitrogen and oxygen atoms in total. The highest BCUT2D eigenvalue weighted by atomic mass is 32.1. The maximum atomic E-state index is 12.7. The van der Waals surface area contributed by atoms with Crippen LogP contribution >= 0.6 is 11.3 Å². The van der Waals surface area contributed by atoms with Crippen molar-refractivity contribution in [2.45, 2.75) is 64.7 Å². The third kappa shape index (κ3) is 2.51. The van der Waals surface area contributed by atoms with Gasteiger partial charge in [0.15, 0.2) is 0 Å². The van der Waals surface area contributed by atoms with E-state index in [0.29, 0.717) is 17.9 Å². The van der Waals surface area contributed by atoms with Crippen LogP contribution in [0.4, 0.5) is 0 Å². The topological polar surface area (TPSA) is 32.3 Å². The summed E-state index contributed by atoms with van der Waals surface area (Å²) >= 11 is 1.80. The Morgan fingerprint density at radius 1 is 1.45 bits per heavy atom. The van der Waals surface area contributed by atoms with Gasteiger partial charge in [-0.2, -0.15) is 0 Å². The second kappa shape index (κ2) is 5.49. The molecule has 2 fully saturated rings. The first-order valence-electron chi connectivity index (χ1n) is 7.76. The van der Waals surface area contributed by atoms with Crippen LogP contribution in [-0.2, 0) is 4.79 Å². The van der Waals surface area contributed by atoms with Gasteiger partial charge in [0.2, 0.25) is 5.91 Å². The highest BCUT2D eigenvalue weighted by Crippen LogP contribution is 2.41. The van der Waals surface area contributed by atoms with Gasteiger partial charge in [0.1, 0.15) is 6.17 Å². The fourth-order valence-electron chi connectivity index (χ4n) is 3.21. The minimum absolute atomic E-state index is 0.00797. The van der Waals surface area contributed by atoms with Gasteiger partial charge in [-0.15, -0.1) is 11.3 Å². The van der Waals surface area contributed by atoms with Crippen molar-refractivity contribution < 1.29 is 4.79 Å². The summed E-state index contributed by atoms with van der Waals surface area (Å²) in [5.41, 5.74) is 0. The van der Waals surface area contributed by atoms with E-state index in [2.05, 4.69) is 43.1 Å². The van der Waals surface area contributed by atoms with Crippen LogP contribution in [0.1, 0.15) is 55.5 Å². The summed E-state index contributed by atoms with van der Waals surface area (Å²) in [5, 5.41) is 3.57. The van der Waals surface area contributed by atoms with E-state index in [9.17, 15) is 4.79 Å². The first-order valence-corrected chi connectivity index (χ1v) is 8.58. The van der Waals surface area contributed by atoms with E-state index < -0.39 is 0 Å². The maximum Gasteiger partial charge on any atom is 0.241 e. The van der Waals surface area contributed by atoms with E-state index in [-0.39, 0.29) is 12.2 Å². The van der Waals surface area contributed by atoms with Crippen LogP contribution < -0.4 is 5.32 Å². The molecule has 1 aromatic rings. The summed E-state index contributed by atoms with van der Waals surface area (Å²) in [4.78, 5) is 17.4. The Hall–Kier alpha value is -0.870. The van der Waals surface area contributed by atoms with Gasteiger partial charge in [-0.1, -0.05) is 13.3 Å². The molecule has 20 heavy (non-hydrogen) atoms. The zero-order valence-corrected chi connectivity index (χ0v) is 13.4. The van der Waals surface area contributed by atoms with Crippen LogP contribution in [0.3, 0.4) is 0 Å². The molecule has 1 aliphatic carbocycles. The lowest BCUT2D eigenvalue weighted by Crippen LogP contribution is -2.39. The number of hydrogen-bond donors (Lipinski definition) is 1. The Kier molecular flexibility index (Phi) is 3.87. The summed E-state index contributed by atoms with van der Waals surface area (Å²) < 4.78 is 0. The third-order valence-electron chi connectivity index (χ3n) is 4.54. The largest absolute Gasteiger partial charge is 0.318 e. The van der Waals surface area contributed by atoms with Gasteiger partial charge in [-0.3, -0.25) is 10.1 Å². The van der Waals surface area contributed by atoms with Crippen molar-refractivity contribution in [1.29, 1.82) is 0 Å². The molecular formula is C16H24N2OS. The number of amides is 1. The molecule has 1 saturated carbocycles. The van der Waals surface area contributed by atoms with Crippen LogP contribution in [-0.4, -0.2) is 22.9 Å². The SMILES string of the molecule is CCCC1NC(c2ccc(C)s2)N(C(C)C2CC2)C1=O. The maximum absolute atomic E-state index is 12.7. The number of nitrogens with zero attached hydrogens (tertiary/aromatic N) is 1. The van der Waals surface area contributed by atoms with Gasteiger partial charge < -0.3 is 4.90 Å². The summed E-state index contributed by atoms with van der Waals surface area (Å²) in [6, 6.07) is 4.70. The van der Waals surface area contributed by atoms with Crippen molar-refractivity contribution >= 4 is 17.2 Å². The molecule has 110 valence electrons. The zero-order chi connectivity index (χ0) is 14.3. The summed E-state index contributed by atoms with van der Waals surface area (Å²) in [7, 11) is 0. The van der Waals surface area contributed by atoms with Crippen LogP contribution in [0.5, 0.6) is 0 Å². The third-order valence-corrected chi connectivity index (χ3v) is 5.59. The average Bonchev–Trinajstić information content (AvgIpc) is 3.11. The molecule has 2 heterocycles. The van der Waals surface area contributed by atoms with Gasteiger partial charge in [-0.05, 0) is 51.2 Å². The second-order valence-electron chi connectivity index (χ2n) is 6.18. The van der Waals surface area contributed by atoms with Crippen molar-refractivity contribution in [3.8, 4) is 0 Å². The minimum Gasteiger partial charge on any atom is -0.318 e. The predicted molar refractivity (Wildman–Crippen MR) is 82.7 cm³/mol. The van der Waals surface area contributed by atoms with Crippen molar-refractivity contribution in [3.63, 3.8) is 0 Å².